The summed E-state index contributed by atoms with van der Waals surface area (Å²) in [6, 6.07) is 6.84. The van der Waals surface area contributed by atoms with Crippen LogP contribution in [0.1, 0.15) is 55.3 Å². The lowest BCUT2D eigenvalue weighted by Gasteiger charge is -2.48. The highest BCUT2D eigenvalue weighted by Crippen LogP contribution is 2.50. The minimum absolute atomic E-state index is 0.00590. The number of esters is 1. The predicted octanol–water partition coefficient (Wildman–Crippen LogP) is 3.21. The lowest BCUT2D eigenvalue weighted by Crippen LogP contribution is -2.55. The molecule has 38 heavy (non-hydrogen) atoms. The minimum Gasteiger partial charge on any atom is -0.467 e. The summed E-state index contributed by atoms with van der Waals surface area (Å²) < 4.78 is 16.2. The molecule has 3 amide bonds. The molecule has 0 N–H and O–H groups in total. The first-order chi connectivity index (χ1) is 18.4. The smallest absolute Gasteiger partial charge is 0.318 e. The van der Waals surface area contributed by atoms with Gasteiger partial charge in [-0.1, -0.05) is 6.08 Å². The molecule has 2 fully saturated rings. The minimum atomic E-state index is -0.964. The molecule has 1 aliphatic carbocycles. The number of piperidine rings is 1. The number of carbonyl (C=O) groups is 4. The molecule has 2 aliphatic heterocycles. The normalized spacial score (nSPS) is 23.6. The fourth-order valence-corrected chi connectivity index (χ4v) is 5.88. The number of carbonyl (C=O) groups excluding carboxylic acids is 4. The van der Waals surface area contributed by atoms with Crippen LogP contribution in [-0.4, -0.2) is 71.2 Å². The zero-order valence-corrected chi connectivity index (χ0v) is 21.6. The van der Waals surface area contributed by atoms with Crippen molar-refractivity contribution in [1.29, 1.82) is 0 Å². The third-order valence-corrected chi connectivity index (χ3v) is 7.77. The molecular weight excluding hydrogens is 490 g/mol. The molecule has 4 heterocycles. The van der Waals surface area contributed by atoms with Crippen LogP contribution >= 0.6 is 0 Å². The van der Waals surface area contributed by atoms with Crippen LogP contribution in [0.15, 0.2) is 57.4 Å². The Bertz CT molecular complexity index is 1200. The van der Waals surface area contributed by atoms with Crippen LogP contribution in [0, 0.1) is 11.3 Å². The number of hydrogen-bond acceptors (Lipinski definition) is 7. The van der Waals surface area contributed by atoms with Gasteiger partial charge in [0.15, 0.2) is 5.76 Å². The molecule has 0 aromatic carbocycles. The molecule has 3 aliphatic rings. The van der Waals surface area contributed by atoms with Crippen molar-refractivity contribution in [2.45, 2.75) is 45.6 Å². The summed E-state index contributed by atoms with van der Waals surface area (Å²) >= 11 is 0. The number of likely N-dealkylation sites (tertiary alicyclic amines) is 1. The highest BCUT2D eigenvalue weighted by molar-refractivity contribution is 5.93. The maximum atomic E-state index is 13.8. The average molecular weight is 524 g/mol. The van der Waals surface area contributed by atoms with E-state index in [-0.39, 0.29) is 55.4 Å². The maximum Gasteiger partial charge on any atom is 0.318 e. The van der Waals surface area contributed by atoms with Crippen molar-refractivity contribution >= 4 is 23.7 Å². The van der Waals surface area contributed by atoms with E-state index >= 15 is 0 Å². The monoisotopic (exact) mass is 523 g/mol. The SMILES string of the molecule is CCOC(=O)[C@]12CCCC=C1N(Cc1ccco1)C(=O)[C@H](CC(=O)N1CCN(C(=O)c3ccco3)CC1)C2. The molecule has 0 unspecified atom stereocenters. The van der Waals surface area contributed by atoms with Crippen molar-refractivity contribution in [2.24, 2.45) is 11.3 Å². The van der Waals surface area contributed by atoms with E-state index in [9.17, 15) is 19.2 Å². The van der Waals surface area contributed by atoms with Gasteiger partial charge < -0.3 is 28.3 Å². The Hall–Kier alpha value is -3.82. The highest BCUT2D eigenvalue weighted by Gasteiger charge is 2.54. The number of ether oxygens (including phenoxy) is 1. The Kier molecular flexibility index (Phi) is 7.40. The van der Waals surface area contributed by atoms with Gasteiger partial charge in [0, 0.05) is 44.2 Å². The van der Waals surface area contributed by atoms with Crippen LogP contribution in [0.4, 0.5) is 0 Å². The molecular formula is C28H33N3O7. The van der Waals surface area contributed by atoms with Gasteiger partial charge in [0.05, 0.1) is 25.7 Å². The van der Waals surface area contributed by atoms with E-state index in [2.05, 4.69) is 0 Å². The molecule has 0 radical (unpaired) electrons. The largest absolute Gasteiger partial charge is 0.467 e. The van der Waals surface area contributed by atoms with Crippen LogP contribution in [0.25, 0.3) is 0 Å². The summed E-state index contributed by atoms with van der Waals surface area (Å²) in [4.78, 5) is 58.1. The Morgan fingerprint density at radius 2 is 1.79 bits per heavy atom. The van der Waals surface area contributed by atoms with Gasteiger partial charge in [-0.05, 0) is 56.9 Å². The van der Waals surface area contributed by atoms with Gasteiger partial charge >= 0.3 is 5.97 Å². The molecule has 0 spiro atoms. The van der Waals surface area contributed by atoms with Crippen LogP contribution in [0.2, 0.25) is 0 Å². The first-order valence-electron chi connectivity index (χ1n) is 13.2. The molecule has 5 rings (SSSR count). The van der Waals surface area contributed by atoms with Crippen molar-refractivity contribution in [2.75, 3.05) is 32.8 Å². The quantitative estimate of drug-likeness (QED) is 0.512. The molecule has 2 aromatic rings. The number of hydrogen-bond donors (Lipinski definition) is 0. The summed E-state index contributed by atoms with van der Waals surface area (Å²) in [7, 11) is 0. The number of piperazine rings is 1. The van der Waals surface area contributed by atoms with E-state index in [1.165, 1.54) is 6.26 Å². The van der Waals surface area contributed by atoms with Crippen LogP contribution < -0.4 is 0 Å². The van der Waals surface area contributed by atoms with E-state index in [0.717, 1.165) is 12.8 Å². The lowest BCUT2D eigenvalue weighted by atomic mass is 9.66. The van der Waals surface area contributed by atoms with Crippen LogP contribution in [0.3, 0.4) is 0 Å². The van der Waals surface area contributed by atoms with Crippen LogP contribution in [-0.2, 0) is 25.7 Å². The van der Waals surface area contributed by atoms with Crippen molar-refractivity contribution in [3.05, 3.63) is 60.1 Å². The number of furan rings is 2. The van der Waals surface area contributed by atoms with E-state index in [1.807, 2.05) is 6.08 Å². The van der Waals surface area contributed by atoms with Crippen molar-refractivity contribution in [3.63, 3.8) is 0 Å². The molecule has 10 nitrogen and oxygen atoms in total. The fourth-order valence-electron chi connectivity index (χ4n) is 5.88. The second-order valence-corrected chi connectivity index (χ2v) is 10.0. The summed E-state index contributed by atoms with van der Waals surface area (Å²) in [5.41, 5.74) is -0.300. The number of fused-ring (bicyclic) bond motifs is 1. The zero-order chi connectivity index (χ0) is 26.7. The van der Waals surface area contributed by atoms with E-state index in [0.29, 0.717) is 44.1 Å². The predicted molar refractivity (Wildman–Crippen MR) is 134 cm³/mol. The van der Waals surface area contributed by atoms with E-state index in [1.54, 1.807) is 52.2 Å². The molecule has 0 saturated carbocycles. The molecule has 2 saturated heterocycles. The number of nitrogens with zero attached hydrogens (tertiary/aromatic N) is 3. The van der Waals surface area contributed by atoms with Gasteiger partial charge in [-0.3, -0.25) is 19.2 Å². The summed E-state index contributed by atoms with van der Waals surface area (Å²) in [6.45, 7) is 3.71. The second-order valence-electron chi connectivity index (χ2n) is 10.0. The summed E-state index contributed by atoms with van der Waals surface area (Å²) in [5, 5.41) is 0. The van der Waals surface area contributed by atoms with Gasteiger partial charge in [-0.2, -0.15) is 0 Å². The average Bonchev–Trinajstić information content (AvgIpc) is 3.66. The number of rotatable bonds is 7. The van der Waals surface area contributed by atoms with Crippen molar-refractivity contribution < 1.29 is 32.7 Å². The summed E-state index contributed by atoms with van der Waals surface area (Å²) in [5.74, 6) is -0.679. The Morgan fingerprint density at radius 1 is 1.05 bits per heavy atom. The summed E-state index contributed by atoms with van der Waals surface area (Å²) in [6.07, 6.45) is 7.35. The van der Waals surface area contributed by atoms with Gasteiger partial charge in [-0.15, -0.1) is 0 Å². The van der Waals surface area contributed by atoms with E-state index < -0.39 is 11.3 Å². The molecule has 10 heteroatoms. The fraction of sp³-hybridized carbons (Fsp3) is 0.500. The molecule has 2 aromatic heterocycles. The van der Waals surface area contributed by atoms with Gasteiger partial charge in [0.2, 0.25) is 11.8 Å². The maximum absolute atomic E-state index is 13.8. The van der Waals surface area contributed by atoms with Gasteiger partial charge in [-0.25, -0.2) is 0 Å². The lowest BCUT2D eigenvalue weighted by molar-refractivity contribution is -0.163. The Balaban J connectivity index is 1.32. The molecule has 202 valence electrons. The standard InChI is InChI=1S/C28H33N3O7/c1-2-36-27(35)28-10-4-3-9-23(28)31(19-21-7-5-15-37-21)25(33)20(18-28)17-24(32)29-11-13-30(14-12-29)26(34)22-8-6-16-38-22/h5-9,15-16,20H,2-4,10-14,17-19H2,1H3/t20-,28+/m1/s1. The van der Waals surface area contributed by atoms with Crippen molar-refractivity contribution in [3.8, 4) is 0 Å². The topological polar surface area (TPSA) is 114 Å². The Morgan fingerprint density at radius 3 is 2.47 bits per heavy atom. The van der Waals surface area contributed by atoms with Crippen LogP contribution in [0.5, 0.6) is 0 Å². The van der Waals surface area contributed by atoms with Gasteiger partial charge in [0.25, 0.3) is 5.91 Å². The first-order valence-corrected chi connectivity index (χ1v) is 13.2. The first kappa shape index (κ1) is 25.8. The molecule has 2 atom stereocenters. The highest BCUT2D eigenvalue weighted by atomic mass is 16.5. The number of allylic oxidation sites excluding steroid dienone is 1. The van der Waals surface area contributed by atoms with E-state index in [4.69, 9.17) is 13.6 Å². The zero-order valence-electron chi connectivity index (χ0n) is 21.6. The Labute approximate surface area is 221 Å². The second kappa shape index (κ2) is 10.9. The number of amides is 3. The molecule has 0 bridgehead atoms. The van der Waals surface area contributed by atoms with Gasteiger partial charge in [0.1, 0.15) is 11.2 Å². The third kappa shape index (κ3) is 4.87. The van der Waals surface area contributed by atoms with Crippen molar-refractivity contribution in [1.82, 2.24) is 14.7 Å². The third-order valence-electron chi connectivity index (χ3n) is 7.77.